The zero-order chi connectivity index (χ0) is 19.8. The molecule has 2 aromatic carbocycles. The van der Waals surface area contributed by atoms with Crippen molar-refractivity contribution in [3.8, 4) is 11.5 Å². The Hall–Kier alpha value is -2.53. The average molecular weight is 383 g/mol. The van der Waals surface area contributed by atoms with E-state index in [0.717, 1.165) is 41.4 Å². The molecule has 0 radical (unpaired) electrons. The largest absolute Gasteiger partial charge is 0.494 e. The quantitative estimate of drug-likeness (QED) is 0.487. The normalized spacial score (nSPS) is 12.2. The second kappa shape index (κ2) is 10.1. The zero-order valence-corrected chi connectivity index (χ0v) is 16.8. The molecular weight excluding hydrogens is 352 g/mol. The molecule has 5 nitrogen and oxygen atoms in total. The highest BCUT2D eigenvalue weighted by Gasteiger charge is 2.12. The van der Waals surface area contributed by atoms with Crippen LogP contribution in [-0.4, -0.2) is 34.0 Å². The van der Waals surface area contributed by atoms with E-state index >= 15 is 0 Å². The minimum atomic E-state index is -0.620. The molecule has 0 amide bonds. The summed E-state index contributed by atoms with van der Waals surface area (Å²) in [6.07, 6.45) is 4.16. The maximum absolute atomic E-state index is 10.4. The van der Waals surface area contributed by atoms with E-state index in [9.17, 15) is 5.11 Å². The molecule has 0 saturated carbocycles. The number of benzene rings is 2. The number of rotatable bonds is 11. The molecule has 5 heteroatoms. The van der Waals surface area contributed by atoms with Crippen molar-refractivity contribution in [1.29, 1.82) is 0 Å². The number of imidazole rings is 1. The molecule has 0 aliphatic heterocycles. The van der Waals surface area contributed by atoms with Gasteiger partial charge in [-0.2, -0.15) is 0 Å². The van der Waals surface area contributed by atoms with Crippen LogP contribution in [0.3, 0.4) is 0 Å². The summed E-state index contributed by atoms with van der Waals surface area (Å²) in [5.41, 5.74) is 1.97. The summed E-state index contributed by atoms with van der Waals surface area (Å²) in [5, 5.41) is 10.4. The minimum Gasteiger partial charge on any atom is -0.494 e. The van der Waals surface area contributed by atoms with Crippen LogP contribution >= 0.6 is 0 Å². The second-order valence-electron chi connectivity index (χ2n) is 7.10. The molecule has 0 aliphatic carbocycles. The molecule has 0 aliphatic rings. The van der Waals surface area contributed by atoms with Gasteiger partial charge in [-0.15, -0.1) is 0 Å². The molecule has 1 heterocycles. The molecule has 3 rings (SSSR count). The van der Waals surface area contributed by atoms with Crippen LogP contribution in [0.1, 0.15) is 38.4 Å². The van der Waals surface area contributed by atoms with Crippen LogP contribution in [-0.2, 0) is 6.54 Å². The Bertz CT molecular complexity index is 858. The SMILES string of the molecule is CCCCCCOc1ccc(OC[C@@H](O)Cn2c(C)nc3ccccc32)cc1. The fraction of sp³-hybridized carbons (Fsp3) is 0.435. The zero-order valence-electron chi connectivity index (χ0n) is 16.8. The molecule has 0 unspecified atom stereocenters. The number of aromatic nitrogens is 2. The lowest BCUT2D eigenvalue weighted by atomic mass is 10.2. The van der Waals surface area contributed by atoms with Crippen LogP contribution in [0.15, 0.2) is 48.5 Å². The summed E-state index contributed by atoms with van der Waals surface area (Å²) in [6, 6.07) is 15.5. The van der Waals surface area contributed by atoms with E-state index in [1.165, 1.54) is 19.3 Å². The first kappa shape index (κ1) is 20.2. The lowest BCUT2D eigenvalue weighted by Gasteiger charge is -2.15. The highest BCUT2D eigenvalue weighted by molar-refractivity contribution is 5.75. The topological polar surface area (TPSA) is 56.5 Å². The number of hydrogen-bond donors (Lipinski definition) is 1. The Morgan fingerprint density at radius 1 is 0.964 bits per heavy atom. The second-order valence-corrected chi connectivity index (χ2v) is 7.10. The van der Waals surface area contributed by atoms with Gasteiger partial charge in [0, 0.05) is 0 Å². The maximum Gasteiger partial charge on any atom is 0.119 e. The molecule has 1 N–H and O–H groups in total. The summed E-state index contributed by atoms with van der Waals surface area (Å²) in [4.78, 5) is 4.53. The van der Waals surface area contributed by atoms with E-state index in [-0.39, 0.29) is 6.61 Å². The van der Waals surface area contributed by atoms with Crippen molar-refractivity contribution in [2.45, 2.75) is 52.2 Å². The number of fused-ring (bicyclic) bond motifs is 1. The third-order valence-corrected chi connectivity index (χ3v) is 4.77. The van der Waals surface area contributed by atoms with Gasteiger partial charge in [0.25, 0.3) is 0 Å². The number of aliphatic hydroxyl groups excluding tert-OH is 1. The molecule has 0 spiro atoms. The summed E-state index contributed by atoms with van der Waals surface area (Å²) >= 11 is 0. The van der Waals surface area contributed by atoms with Gasteiger partial charge in [-0.05, 0) is 49.7 Å². The number of nitrogens with zero attached hydrogens (tertiary/aromatic N) is 2. The first-order valence-corrected chi connectivity index (χ1v) is 10.1. The van der Waals surface area contributed by atoms with Crippen LogP contribution in [0.4, 0.5) is 0 Å². The first-order valence-electron chi connectivity index (χ1n) is 10.1. The van der Waals surface area contributed by atoms with Crippen molar-refractivity contribution in [1.82, 2.24) is 9.55 Å². The van der Waals surface area contributed by atoms with E-state index < -0.39 is 6.10 Å². The Morgan fingerprint density at radius 3 is 2.43 bits per heavy atom. The van der Waals surface area contributed by atoms with Crippen molar-refractivity contribution < 1.29 is 14.6 Å². The number of ether oxygens (including phenoxy) is 2. The lowest BCUT2D eigenvalue weighted by Crippen LogP contribution is -2.24. The molecule has 28 heavy (non-hydrogen) atoms. The van der Waals surface area contributed by atoms with Gasteiger partial charge in [0.1, 0.15) is 30.0 Å². The van der Waals surface area contributed by atoms with Crippen molar-refractivity contribution >= 4 is 11.0 Å². The van der Waals surface area contributed by atoms with E-state index in [1.807, 2.05) is 60.0 Å². The van der Waals surface area contributed by atoms with Gasteiger partial charge in [0.05, 0.1) is 24.2 Å². The van der Waals surface area contributed by atoms with Gasteiger partial charge in [0.2, 0.25) is 0 Å². The van der Waals surface area contributed by atoms with E-state index in [2.05, 4.69) is 11.9 Å². The first-order chi connectivity index (χ1) is 13.7. The van der Waals surface area contributed by atoms with Crippen LogP contribution in [0.2, 0.25) is 0 Å². The Kier molecular flexibility index (Phi) is 7.31. The predicted octanol–water partition coefficient (Wildman–Crippen LogP) is 4.74. The Morgan fingerprint density at radius 2 is 1.68 bits per heavy atom. The number of aryl methyl sites for hydroxylation is 1. The van der Waals surface area contributed by atoms with Crippen molar-refractivity contribution in [3.63, 3.8) is 0 Å². The highest BCUT2D eigenvalue weighted by Crippen LogP contribution is 2.19. The highest BCUT2D eigenvalue weighted by atomic mass is 16.5. The van der Waals surface area contributed by atoms with Gasteiger partial charge in [-0.1, -0.05) is 38.3 Å². The fourth-order valence-electron chi connectivity index (χ4n) is 3.23. The minimum absolute atomic E-state index is 0.225. The molecular formula is C23H30N2O3. The van der Waals surface area contributed by atoms with Crippen molar-refractivity contribution in [3.05, 3.63) is 54.4 Å². The van der Waals surface area contributed by atoms with Gasteiger partial charge >= 0.3 is 0 Å². The molecule has 1 atom stereocenters. The van der Waals surface area contributed by atoms with Crippen LogP contribution in [0.5, 0.6) is 11.5 Å². The van der Waals surface area contributed by atoms with Crippen LogP contribution in [0.25, 0.3) is 11.0 Å². The monoisotopic (exact) mass is 382 g/mol. The molecule has 0 fully saturated rings. The Labute approximate surface area is 166 Å². The standard InChI is InChI=1S/C23H30N2O3/c1-3-4-5-8-15-27-20-11-13-21(14-12-20)28-17-19(26)16-25-18(2)24-22-9-6-7-10-23(22)25/h6-7,9-14,19,26H,3-5,8,15-17H2,1-2H3/t19-/m0/s1. The maximum atomic E-state index is 10.4. The van der Waals surface area contributed by atoms with E-state index in [0.29, 0.717) is 6.54 Å². The lowest BCUT2D eigenvalue weighted by molar-refractivity contribution is 0.0929. The van der Waals surface area contributed by atoms with E-state index in [1.54, 1.807) is 0 Å². The van der Waals surface area contributed by atoms with E-state index in [4.69, 9.17) is 9.47 Å². The van der Waals surface area contributed by atoms with Gasteiger partial charge in [-0.3, -0.25) is 0 Å². The van der Waals surface area contributed by atoms with Crippen LogP contribution < -0.4 is 9.47 Å². The molecule has 3 aromatic rings. The number of unbranched alkanes of at least 4 members (excludes halogenated alkanes) is 3. The van der Waals surface area contributed by atoms with Gasteiger partial charge in [0.15, 0.2) is 0 Å². The number of hydrogen-bond acceptors (Lipinski definition) is 4. The third-order valence-electron chi connectivity index (χ3n) is 4.77. The summed E-state index contributed by atoms with van der Waals surface area (Å²) in [7, 11) is 0. The summed E-state index contributed by atoms with van der Waals surface area (Å²) in [6.45, 7) is 5.58. The molecule has 150 valence electrons. The molecule has 1 aromatic heterocycles. The third kappa shape index (κ3) is 5.49. The van der Waals surface area contributed by atoms with Crippen molar-refractivity contribution in [2.75, 3.05) is 13.2 Å². The Balaban J connectivity index is 1.46. The number of para-hydroxylation sites is 2. The molecule has 0 bridgehead atoms. The van der Waals surface area contributed by atoms with Crippen LogP contribution in [0, 0.1) is 6.92 Å². The predicted molar refractivity (Wildman–Crippen MR) is 112 cm³/mol. The smallest absolute Gasteiger partial charge is 0.119 e. The number of aliphatic hydroxyl groups is 1. The fourth-order valence-corrected chi connectivity index (χ4v) is 3.23. The van der Waals surface area contributed by atoms with Gasteiger partial charge < -0.3 is 19.1 Å². The van der Waals surface area contributed by atoms with Gasteiger partial charge in [-0.25, -0.2) is 4.98 Å². The summed E-state index contributed by atoms with van der Waals surface area (Å²) < 4.78 is 13.5. The summed E-state index contributed by atoms with van der Waals surface area (Å²) in [5.74, 6) is 2.47. The average Bonchev–Trinajstić information content (AvgIpc) is 3.02. The molecule has 0 saturated heterocycles. The van der Waals surface area contributed by atoms with Crippen molar-refractivity contribution in [2.24, 2.45) is 0 Å².